The topological polar surface area (TPSA) is 40.5 Å². The lowest BCUT2D eigenvalue weighted by Crippen LogP contribution is -2.22. The molecule has 2 radical (unpaired) electrons. The standard InChI is InChI=1S/C19H16O2Si/c20-16-10-6-14(7-11-16)19(15-8-12-17(21)13-9-15)22-18-4-2-1-3-5-18/h1-13,19-21H. The molecule has 0 fully saturated rings. The summed E-state index contributed by atoms with van der Waals surface area (Å²) in [5, 5.41) is 20.3. The monoisotopic (exact) mass is 304 g/mol. The van der Waals surface area contributed by atoms with Crippen molar-refractivity contribution in [2.45, 2.75) is 5.54 Å². The first-order valence-electron chi connectivity index (χ1n) is 7.12. The molecule has 2 nitrogen and oxygen atoms in total. The minimum Gasteiger partial charge on any atom is -0.508 e. The lowest BCUT2D eigenvalue weighted by molar-refractivity contribution is 0.475. The van der Waals surface area contributed by atoms with Gasteiger partial charge < -0.3 is 10.2 Å². The van der Waals surface area contributed by atoms with Crippen molar-refractivity contribution in [3.05, 3.63) is 90.0 Å². The van der Waals surface area contributed by atoms with Gasteiger partial charge in [-0.25, -0.2) is 0 Å². The maximum atomic E-state index is 9.50. The van der Waals surface area contributed by atoms with Crippen LogP contribution in [0, 0.1) is 0 Å². The van der Waals surface area contributed by atoms with Gasteiger partial charge in [0.05, 0.1) is 9.52 Å². The fourth-order valence-electron chi connectivity index (χ4n) is 2.39. The van der Waals surface area contributed by atoms with E-state index in [0.29, 0.717) is 9.52 Å². The molecule has 0 atom stereocenters. The van der Waals surface area contributed by atoms with Crippen molar-refractivity contribution in [2.75, 3.05) is 0 Å². The molecule has 0 aliphatic rings. The molecule has 0 aromatic heterocycles. The number of hydrogen-bond acceptors (Lipinski definition) is 2. The summed E-state index contributed by atoms with van der Waals surface area (Å²) in [6.45, 7) is 0. The molecule has 0 saturated carbocycles. The van der Waals surface area contributed by atoms with Gasteiger partial charge in [-0.05, 0) is 35.4 Å². The summed E-state index contributed by atoms with van der Waals surface area (Å²) in [5.74, 6) is 0.549. The molecule has 0 bridgehead atoms. The highest BCUT2D eigenvalue weighted by Crippen LogP contribution is 2.26. The Morgan fingerprint density at radius 2 is 1.05 bits per heavy atom. The van der Waals surface area contributed by atoms with Gasteiger partial charge in [-0.1, -0.05) is 59.8 Å². The molecule has 0 aliphatic heterocycles. The van der Waals surface area contributed by atoms with E-state index in [-0.39, 0.29) is 17.0 Å². The van der Waals surface area contributed by atoms with Crippen molar-refractivity contribution in [3.63, 3.8) is 0 Å². The first kappa shape index (κ1) is 14.4. The highest BCUT2D eigenvalue weighted by Gasteiger charge is 2.16. The van der Waals surface area contributed by atoms with Crippen LogP contribution in [0.5, 0.6) is 11.5 Å². The van der Waals surface area contributed by atoms with E-state index in [4.69, 9.17) is 0 Å². The predicted molar refractivity (Wildman–Crippen MR) is 89.9 cm³/mol. The zero-order valence-electron chi connectivity index (χ0n) is 12.0. The average molecular weight is 304 g/mol. The second kappa shape index (κ2) is 6.50. The van der Waals surface area contributed by atoms with Gasteiger partial charge in [0, 0.05) is 5.54 Å². The van der Waals surface area contributed by atoms with E-state index in [2.05, 4.69) is 12.1 Å². The molecule has 0 amide bonds. The van der Waals surface area contributed by atoms with Crippen molar-refractivity contribution in [2.24, 2.45) is 0 Å². The van der Waals surface area contributed by atoms with Crippen LogP contribution >= 0.6 is 0 Å². The quantitative estimate of drug-likeness (QED) is 0.727. The van der Waals surface area contributed by atoms with Gasteiger partial charge in [0.2, 0.25) is 0 Å². The zero-order valence-corrected chi connectivity index (χ0v) is 13.0. The molecular weight excluding hydrogens is 288 g/mol. The van der Waals surface area contributed by atoms with Crippen LogP contribution in [0.25, 0.3) is 0 Å². The Kier molecular flexibility index (Phi) is 4.26. The van der Waals surface area contributed by atoms with Crippen molar-refractivity contribution >= 4 is 14.7 Å². The fourth-order valence-corrected chi connectivity index (χ4v) is 3.83. The zero-order chi connectivity index (χ0) is 15.4. The summed E-state index contributed by atoms with van der Waals surface area (Å²) < 4.78 is 0. The third kappa shape index (κ3) is 3.38. The van der Waals surface area contributed by atoms with Crippen LogP contribution in [0.2, 0.25) is 0 Å². The van der Waals surface area contributed by atoms with Crippen molar-refractivity contribution < 1.29 is 10.2 Å². The molecule has 0 saturated heterocycles. The molecule has 0 heterocycles. The summed E-state index contributed by atoms with van der Waals surface area (Å²) in [5.41, 5.74) is 2.53. The Morgan fingerprint density at radius 3 is 1.50 bits per heavy atom. The van der Waals surface area contributed by atoms with Gasteiger partial charge in [-0.2, -0.15) is 0 Å². The fraction of sp³-hybridized carbons (Fsp3) is 0.0526. The number of rotatable bonds is 4. The number of phenols is 2. The highest BCUT2D eigenvalue weighted by atomic mass is 28.2. The van der Waals surface area contributed by atoms with Crippen LogP contribution in [-0.4, -0.2) is 19.7 Å². The van der Waals surface area contributed by atoms with E-state index in [1.54, 1.807) is 24.3 Å². The van der Waals surface area contributed by atoms with Crippen molar-refractivity contribution in [1.29, 1.82) is 0 Å². The normalized spacial score (nSPS) is 10.8. The Morgan fingerprint density at radius 1 is 0.591 bits per heavy atom. The van der Waals surface area contributed by atoms with E-state index >= 15 is 0 Å². The van der Waals surface area contributed by atoms with Gasteiger partial charge in [0.15, 0.2) is 0 Å². The van der Waals surface area contributed by atoms with Gasteiger partial charge >= 0.3 is 0 Å². The maximum Gasteiger partial charge on any atom is 0.115 e. The van der Waals surface area contributed by atoms with Crippen LogP contribution in [-0.2, 0) is 0 Å². The van der Waals surface area contributed by atoms with Gasteiger partial charge in [-0.3, -0.25) is 0 Å². The predicted octanol–water partition coefficient (Wildman–Crippen LogP) is 3.22. The average Bonchev–Trinajstić information content (AvgIpc) is 2.56. The molecule has 0 unspecified atom stereocenters. The van der Waals surface area contributed by atoms with Crippen molar-refractivity contribution in [3.8, 4) is 11.5 Å². The third-order valence-electron chi connectivity index (χ3n) is 3.54. The Labute approximate surface area is 132 Å². The second-order valence-corrected chi connectivity index (χ2v) is 6.57. The van der Waals surface area contributed by atoms with Gasteiger partial charge in [-0.15, -0.1) is 0 Å². The molecule has 0 aliphatic carbocycles. The van der Waals surface area contributed by atoms with Crippen LogP contribution in [0.1, 0.15) is 16.7 Å². The number of hydrogen-bond donors (Lipinski definition) is 2. The summed E-state index contributed by atoms with van der Waals surface area (Å²) >= 11 is 0. The van der Waals surface area contributed by atoms with E-state index in [0.717, 1.165) is 11.1 Å². The van der Waals surface area contributed by atoms with E-state index < -0.39 is 0 Å². The molecule has 3 heteroatoms. The number of benzene rings is 3. The summed E-state index contributed by atoms with van der Waals surface area (Å²) in [6, 6.07) is 25.1. The smallest absolute Gasteiger partial charge is 0.115 e. The summed E-state index contributed by atoms with van der Waals surface area (Å²) in [4.78, 5) is 0. The minimum atomic E-state index is 0.212. The molecule has 3 aromatic rings. The largest absolute Gasteiger partial charge is 0.508 e. The molecular formula is C19H16O2Si. The molecule has 0 spiro atoms. The lowest BCUT2D eigenvalue weighted by Gasteiger charge is -2.17. The maximum absolute atomic E-state index is 9.50. The van der Waals surface area contributed by atoms with Crippen LogP contribution < -0.4 is 5.19 Å². The first-order chi connectivity index (χ1) is 10.7. The third-order valence-corrected chi connectivity index (χ3v) is 5.16. The van der Waals surface area contributed by atoms with E-state index in [1.165, 1.54) is 5.19 Å². The first-order valence-corrected chi connectivity index (χ1v) is 8.19. The minimum absolute atomic E-state index is 0.212. The molecule has 3 aromatic carbocycles. The van der Waals surface area contributed by atoms with Gasteiger partial charge in [0.25, 0.3) is 0 Å². The van der Waals surface area contributed by atoms with Gasteiger partial charge in [0.1, 0.15) is 11.5 Å². The molecule has 2 N–H and O–H groups in total. The van der Waals surface area contributed by atoms with E-state index in [9.17, 15) is 10.2 Å². The summed E-state index contributed by atoms with van der Waals surface area (Å²) in [7, 11) is 0.581. The van der Waals surface area contributed by atoms with Crippen LogP contribution in [0.15, 0.2) is 78.9 Å². The Balaban J connectivity index is 1.97. The highest BCUT2D eigenvalue weighted by molar-refractivity contribution is 6.55. The Hall–Kier alpha value is -2.52. The van der Waals surface area contributed by atoms with E-state index in [1.807, 2.05) is 42.5 Å². The number of phenolic OH excluding ortho intramolecular Hbond substituents is 2. The molecule has 22 heavy (non-hydrogen) atoms. The molecule has 108 valence electrons. The van der Waals surface area contributed by atoms with Crippen LogP contribution in [0.3, 0.4) is 0 Å². The van der Waals surface area contributed by atoms with Crippen molar-refractivity contribution in [1.82, 2.24) is 0 Å². The number of aromatic hydroxyl groups is 2. The second-order valence-electron chi connectivity index (χ2n) is 5.13. The SMILES string of the molecule is Oc1ccc(C([Si]c2ccccc2)c2ccc(O)cc2)cc1. The lowest BCUT2D eigenvalue weighted by atomic mass is 10.0. The Bertz CT molecular complexity index is 676. The van der Waals surface area contributed by atoms with Crippen LogP contribution in [0.4, 0.5) is 0 Å². The molecule has 3 rings (SSSR count). The summed E-state index contributed by atoms with van der Waals surface area (Å²) in [6.07, 6.45) is 0.